The molecule has 1 aromatic rings. The van der Waals surface area contributed by atoms with Crippen molar-refractivity contribution in [2.45, 2.75) is 51.0 Å². The quantitative estimate of drug-likeness (QED) is 0.763. The minimum atomic E-state index is -0.918. The zero-order chi connectivity index (χ0) is 13.8. The summed E-state index contributed by atoms with van der Waals surface area (Å²) in [6.07, 6.45) is 8.13. The number of hydrogen-bond acceptors (Lipinski definition) is 1. The maximum Gasteiger partial charge on any atom is 0.160 e. The third kappa shape index (κ3) is 3.67. The van der Waals surface area contributed by atoms with E-state index in [0.717, 1.165) is 37.8 Å². The maximum absolute atomic E-state index is 13.3. The molecule has 0 saturated heterocycles. The summed E-state index contributed by atoms with van der Waals surface area (Å²) in [5.74, 6) is -1.48. The molecule has 1 unspecified atom stereocenters. The number of nitrogens with two attached hydrogens (primary N) is 1. The molecular formula is C15H20ClF2N. The van der Waals surface area contributed by atoms with E-state index in [0.29, 0.717) is 11.5 Å². The van der Waals surface area contributed by atoms with Gasteiger partial charge in [-0.3, -0.25) is 0 Å². The van der Waals surface area contributed by atoms with E-state index in [1.165, 1.54) is 19.3 Å². The summed E-state index contributed by atoms with van der Waals surface area (Å²) >= 11 is 6.00. The van der Waals surface area contributed by atoms with E-state index in [4.69, 9.17) is 17.3 Å². The van der Waals surface area contributed by atoms with Crippen molar-refractivity contribution in [3.63, 3.8) is 0 Å². The van der Waals surface area contributed by atoms with Gasteiger partial charge in [-0.15, -0.1) is 0 Å². The molecule has 0 heterocycles. The third-order valence-electron chi connectivity index (χ3n) is 4.06. The Morgan fingerprint density at radius 3 is 2.16 bits per heavy atom. The predicted molar refractivity (Wildman–Crippen MR) is 74.1 cm³/mol. The van der Waals surface area contributed by atoms with Gasteiger partial charge in [0, 0.05) is 11.1 Å². The number of halogens is 3. The molecule has 0 aromatic heterocycles. The number of rotatable bonds is 2. The van der Waals surface area contributed by atoms with Gasteiger partial charge in [0.1, 0.15) is 0 Å². The van der Waals surface area contributed by atoms with Gasteiger partial charge in [0.05, 0.1) is 0 Å². The van der Waals surface area contributed by atoms with E-state index in [-0.39, 0.29) is 11.1 Å². The molecule has 1 saturated carbocycles. The molecule has 106 valence electrons. The first-order valence-electron chi connectivity index (χ1n) is 6.99. The van der Waals surface area contributed by atoms with Crippen molar-refractivity contribution in [1.29, 1.82) is 0 Å². The molecule has 2 rings (SSSR count). The fourth-order valence-electron chi connectivity index (χ4n) is 2.89. The van der Waals surface area contributed by atoms with E-state index in [1.807, 2.05) is 0 Å². The highest BCUT2D eigenvalue weighted by Gasteiger charge is 2.23. The largest absolute Gasteiger partial charge is 0.324 e. The minimum Gasteiger partial charge on any atom is -0.324 e. The van der Waals surface area contributed by atoms with Crippen LogP contribution in [0.15, 0.2) is 12.1 Å². The summed E-state index contributed by atoms with van der Waals surface area (Å²) in [4.78, 5) is 0. The monoisotopic (exact) mass is 287 g/mol. The lowest BCUT2D eigenvalue weighted by molar-refractivity contribution is 0.326. The van der Waals surface area contributed by atoms with Crippen molar-refractivity contribution >= 4 is 11.6 Å². The molecule has 1 nitrogen and oxygen atoms in total. The summed E-state index contributed by atoms with van der Waals surface area (Å²) in [6.45, 7) is 0. The Labute approximate surface area is 118 Å². The summed E-state index contributed by atoms with van der Waals surface area (Å²) in [5.41, 5.74) is 6.77. The van der Waals surface area contributed by atoms with Crippen LogP contribution in [0.4, 0.5) is 8.78 Å². The van der Waals surface area contributed by atoms with Crippen LogP contribution in [0, 0.1) is 17.6 Å². The van der Waals surface area contributed by atoms with Crippen LogP contribution in [0.1, 0.15) is 56.6 Å². The van der Waals surface area contributed by atoms with Crippen molar-refractivity contribution in [1.82, 2.24) is 0 Å². The van der Waals surface area contributed by atoms with Crippen molar-refractivity contribution < 1.29 is 8.78 Å². The molecule has 1 aliphatic rings. The molecule has 1 aromatic carbocycles. The van der Waals surface area contributed by atoms with Gasteiger partial charge in [0.15, 0.2) is 11.6 Å². The van der Waals surface area contributed by atoms with Gasteiger partial charge >= 0.3 is 0 Å². The standard InChI is InChI=1S/C15H20ClF2N/c16-12-9-14(18)13(17)8-11(12)15(19)10-6-4-2-1-3-5-7-10/h8-10,15H,1-7,19H2. The van der Waals surface area contributed by atoms with E-state index >= 15 is 0 Å². The zero-order valence-corrected chi connectivity index (χ0v) is 11.7. The van der Waals surface area contributed by atoms with Crippen LogP contribution in [0.5, 0.6) is 0 Å². The first-order chi connectivity index (χ1) is 9.09. The minimum absolute atomic E-state index is 0.230. The second-order valence-electron chi connectivity index (χ2n) is 5.42. The van der Waals surface area contributed by atoms with E-state index in [1.54, 1.807) is 0 Å². The summed E-state index contributed by atoms with van der Waals surface area (Å²) in [6, 6.07) is 1.87. The Bertz CT molecular complexity index is 428. The lowest BCUT2D eigenvalue weighted by Crippen LogP contribution is -2.23. The topological polar surface area (TPSA) is 26.0 Å². The Morgan fingerprint density at radius 2 is 1.53 bits per heavy atom. The SMILES string of the molecule is NC(c1cc(F)c(F)cc1Cl)C1CCCCCCC1. The predicted octanol–water partition coefficient (Wildman–Crippen LogP) is 4.98. The van der Waals surface area contributed by atoms with Crippen molar-refractivity contribution in [3.8, 4) is 0 Å². The molecule has 19 heavy (non-hydrogen) atoms. The highest BCUT2D eigenvalue weighted by atomic mass is 35.5. The molecule has 2 N–H and O–H groups in total. The van der Waals surface area contributed by atoms with Crippen LogP contribution in [0.2, 0.25) is 5.02 Å². The molecule has 0 spiro atoms. The lowest BCUT2D eigenvalue weighted by Gasteiger charge is -2.26. The fraction of sp³-hybridized carbons (Fsp3) is 0.600. The van der Waals surface area contributed by atoms with Crippen LogP contribution in [-0.2, 0) is 0 Å². The smallest absolute Gasteiger partial charge is 0.160 e. The molecule has 0 radical (unpaired) electrons. The third-order valence-corrected chi connectivity index (χ3v) is 4.38. The molecule has 4 heteroatoms. The van der Waals surface area contributed by atoms with Crippen molar-refractivity contribution in [2.75, 3.05) is 0 Å². The Hall–Kier alpha value is -0.670. The van der Waals surface area contributed by atoms with Gasteiger partial charge in [-0.25, -0.2) is 8.78 Å². The summed E-state index contributed by atoms with van der Waals surface area (Å²) in [7, 11) is 0. The second kappa shape index (κ2) is 6.67. The summed E-state index contributed by atoms with van der Waals surface area (Å²) in [5, 5.41) is 0.230. The fourth-order valence-corrected chi connectivity index (χ4v) is 3.17. The van der Waals surface area contributed by atoms with E-state index in [2.05, 4.69) is 0 Å². The molecule has 0 amide bonds. The van der Waals surface area contributed by atoms with Gasteiger partial charge in [0.2, 0.25) is 0 Å². The summed E-state index contributed by atoms with van der Waals surface area (Å²) < 4.78 is 26.4. The first kappa shape index (κ1) is 14.7. The highest BCUT2D eigenvalue weighted by molar-refractivity contribution is 6.31. The van der Waals surface area contributed by atoms with Crippen LogP contribution in [-0.4, -0.2) is 0 Å². The Balaban J connectivity index is 2.17. The average Bonchev–Trinajstić information content (AvgIpc) is 2.32. The molecule has 1 aliphatic carbocycles. The van der Waals surface area contributed by atoms with Crippen LogP contribution < -0.4 is 5.73 Å². The normalized spacial score (nSPS) is 19.8. The highest BCUT2D eigenvalue weighted by Crippen LogP contribution is 2.35. The van der Waals surface area contributed by atoms with Crippen molar-refractivity contribution in [2.24, 2.45) is 11.7 Å². The van der Waals surface area contributed by atoms with Gasteiger partial charge < -0.3 is 5.73 Å². The lowest BCUT2D eigenvalue weighted by atomic mass is 9.83. The first-order valence-corrected chi connectivity index (χ1v) is 7.37. The van der Waals surface area contributed by atoms with Crippen LogP contribution in [0.25, 0.3) is 0 Å². The molecule has 0 aliphatic heterocycles. The van der Waals surface area contributed by atoms with Crippen molar-refractivity contribution in [3.05, 3.63) is 34.4 Å². The average molecular weight is 288 g/mol. The van der Waals surface area contributed by atoms with Gasteiger partial charge in [-0.05, 0) is 36.5 Å². The zero-order valence-electron chi connectivity index (χ0n) is 11.0. The van der Waals surface area contributed by atoms with Gasteiger partial charge in [0.25, 0.3) is 0 Å². The Morgan fingerprint density at radius 1 is 1.00 bits per heavy atom. The van der Waals surface area contributed by atoms with E-state index < -0.39 is 11.6 Å². The van der Waals surface area contributed by atoms with Crippen LogP contribution >= 0.6 is 11.6 Å². The second-order valence-corrected chi connectivity index (χ2v) is 5.83. The van der Waals surface area contributed by atoms with E-state index in [9.17, 15) is 8.78 Å². The maximum atomic E-state index is 13.3. The van der Waals surface area contributed by atoms with Gasteiger partial charge in [-0.1, -0.05) is 43.7 Å². The Kier molecular flexibility index (Phi) is 5.17. The molecule has 0 bridgehead atoms. The molecule has 1 atom stereocenters. The van der Waals surface area contributed by atoms with Gasteiger partial charge in [-0.2, -0.15) is 0 Å². The molecular weight excluding hydrogens is 268 g/mol. The number of hydrogen-bond donors (Lipinski definition) is 1. The number of benzene rings is 1. The molecule has 1 fully saturated rings. The van der Waals surface area contributed by atoms with Crippen LogP contribution in [0.3, 0.4) is 0 Å².